The molecule has 1 heterocycles. The number of rotatable bonds is 4. The Hall–Kier alpha value is -2.12. The molecule has 130 valence electrons. The first kappa shape index (κ1) is 18.9. The van der Waals surface area contributed by atoms with Crippen molar-refractivity contribution in [1.82, 2.24) is 10.2 Å². The molecule has 0 saturated carbocycles. The Morgan fingerprint density at radius 3 is 2.57 bits per heavy atom. The zero-order valence-corrected chi connectivity index (χ0v) is 13.8. The highest BCUT2D eigenvalue weighted by molar-refractivity contribution is 5.89. The molecule has 0 aromatic rings. The quantitative estimate of drug-likeness (QED) is 0.790. The van der Waals surface area contributed by atoms with Crippen molar-refractivity contribution in [2.24, 2.45) is 0 Å². The number of hydrogen-bond donors (Lipinski definition) is 1. The maximum Gasteiger partial charge on any atom is 0.408 e. The molecular formula is C15H23FN2O5. The van der Waals surface area contributed by atoms with Crippen LogP contribution in [-0.4, -0.2) is 54.7 Å². The first-order valence-electron chi connectivity index (χ1n) is 7.32. The Kier molecular flexibility index (Phi) is 6.53. The number of nitrogens with one attached hydrogen (secondary N) is 1. The fourth-order valence-electron chi connectivity index (χ4n) is 2.01. The average molecular weight is 330 g/mol. The first-order valence-corrected chi connectivity index (χ1v) is 7.32. The van der Waals surface area contributed by atoms with Gasteiger partial charge in [0.25, 0.3) is 0 Å². The lowest BCUT2D eigenvalue weighted by Crippen LogP contribution is -2.51. The van der Waals surface area contributed by atoms with E-state index in [4.69, 9.17) is 4.74 Å². The Labute approximate surface area is 134 Å². The lowest BCUT2D eigenvalue weighted by atomic mass is 10.1. The van der Waals surface area contributed by atoms with Crippen molar-refractivity contribution >= 4 is 18.0 Å². The van der Waals surface area contributed by atoms with Crippen LogP contribution < -0.4 is 5.32 Å². The van der Waals surface area contributed by atoms with Gasteiger partial charge in [-0.2, -0.15) is 0 Å². The van der Waals surface area contributed by atoms with Gasteiger partial charge in [0.05, 0.1) is 20.1 Å². The third kappa shape index (κ3) is 6.66. The van der Waals surface area contributed by atoms with E-state index in [9.17, 15) is 18.8 Å². The van der Waals surface area contributed by atoms with Gasteiger partial charge in [-0.25, -0.2) is 9.18 Å². The fraction of sp³-hybridized carbons (Fsp3) is 0.667. The van der Waals surface area contributed by atoms with E-state index in [1.165, 1.54) is 18.1 Å². The molecule has 1 aliphatic heterocycles. The molecule has 0 aliphatic carbocycles. The van der Waals surface area contributed by atoms with Crippen LogP contribution >= 0.6 is 0 Å². The molecule has 2 amide bonds. The van der Waals surface area contributed by atoms with Crippen LogP contribution in [0.25, 0.3) is 0 Å². The summed E-state index contributed by atoms with van der Waals surface area (Å²) in [5.41, 5.74) is -0.747. The number of esters is 1. The third-order valence-electron chi connectivity index (χ3n) is 3.01. The zero-order valence-electron chi connectivity index (χ0n) is 13.8. The molecule has 1 aliphatic rings. The number of nitrogens with zero attached hydrogens (tertiary/aromatic N) is 1. The van der Waals surface area contributed by atoms with Crippen LogP contribution in [0.15, 0.2) is 11.9 Å². The van der Waals surface area contributed by atoms with E-state index in [-0.39, 0.29) is 13.0 Å². The standard InChI is InChI=1S/C15H23FN2O5/c1-15(2,3)23-14(21)17-11(8-12(19)22-4)13(20)18-7-5-6-10(16)9-18/h6,11H,5,7-9H2,1-4H3,(H,17,21)/t11-/m0/s1. The number of halogens is 1. The molecule has 0 bridgehead atoms. The lowest BCUT2D eigenvalue weighted by Gasteiger charge is -2.29. The van der Waals surface area contributed by atoms with E-state index >= 15 is 0 Å². The minimum Gasteiger partial charge on any atom is -0.469 e. The van der Waals surface area contributed by atoms with Crippen molar-refractivity contribution in [2.45, 2.75) is 45.3 Å². The van der Waals surface area contributed by atoms with Crippen LogP contribution in [-0.2, 0) is 19.1 Å². The minimum absolute atomic E-state index is 0.174. The lowest BCUT2D eigenvalue weighted by molar-refractivity contribution is -0.145. The normalized spacial score (nSPS) is 16.2. The average Bonchev–Trinajstić information content (AvgIpc) is 2.43. The van der Waals surface area contributed by atoms with Gasteiger partial charge in [0.2, 0.25) is 5.91 Å². The minimum atomic E-state index is -1.16. The molecule has 23 heavy (non-hydrogen) atoms. The molecular weight excluding hydrogens is 307 g/mol. The molecule has 8 heteroatoms. The maximum atomic E-state index is 13.3. The molecule has 0 radical (unpaired) electrons. The second kappa shape index (κ2) is 7.94. The summed E-state index contributed by atoms with van der Waals surface area (Å²) < 4.78 is 23.0. The number of carbonyl (C=O) groups excluding carboxylic acids is 3. The fourth-order valence-corrected chi connectivity index (χ4v) is 2.01. The molecule has 7 nitrogen and oxygen atoms in total. The summed E-state index contributed by atoms with van der Waals surface area (Å²) >= 11 is 0. The summed E-state index contributed by atoms with van der Waals surface area (Å²) in [4.78, 5) is 37.0. The van der Waals surface area contributed by atoms with Crippen molar-refractivity contribution < 1.29 is 28.2 Å². The Balaban J connectivity index is 2.79. The van der Waals surface area contributed by atoms with Gasteiger partial charge >= 0.3 is 12.1 Å². The predicted molar refractivity (Wildman–Crippen MR) is 80.2 cm³/mol. The largest absolute Gasteiger partial charge is 0.469 e. The van der Waals surface area contributed by atoms with E-state index in [0.29, 0.717) is 13.0 Å². The van der Waals surface area contributed by atoms with Crippen LogP contribution in [0, 0.1) is 0 Å². The molecule has 0 aromatic heterocycles. The zero-order chi connectivity index (χ0) is 17.6. The Morgan fingerprint density at radius 2 is 2.04 bits per heavy atom. The summed E-state index contributed by atoms with van der Waals surface area (Å²) in [6.45, 7) is 5.17. The van der Waals surface area contributed by atoms with Gasteiger partial charge in [-0.3, -0.25) is 9.59 Å². The van der Waals surface area contributed by atoms with Gasteiger partial charge in [0, 0.05) is 6.54 Å². The van der Waals surface area contributed by atoms with Gasteiger partial charge in [0.1, 0.15) is 17.5 Å². The van der Waals surface area contributed by atoms with Gasteiger partial charge in [-0.1, -0.05) is 0 Å². The van der Waals surface area contributed by atoms with Crippen LogP contribution in [0.3, 0.4) is 0 Å². The monoisotopic (exact) mass is 330 g/mol. The molecule has 0 aromatic carbocycles. The molecule has 1 atom stereocenters. The number of alkyl carbamates (subject to hydrolysis) is 1. The second-order valence-electron chi connectivity index (χ2n) is 6.18. The van der Waals surface area contributed by atoms with Crippen molar-refractivity contribution in [3.8, 4) is 0 Å². The Morgan fingerprint density at radius 1 is 1.39 bits per heavy atom. The van der Waals surface area contributed by atoms with Crippen molar-refractivity contribution in [3.05, 3.63) is 11.9 Å². The summed E-state index contributed by atoms with van der Waals surface area (Å²) in [6, 6.07) is -1.16. The highest BCUT2D eigenvalue weighted by Gasteiger charge is 2.31. The molecule has 1 rings (SSSR count). The van der Waals surface area contributed by atoms with E-state index in [2.05, 4.69) is 10.1 Å². The summed E-state index contributed by atoms with van der Waals surface area (Å²) in [6.07, 6.45) is 0.610. The third-order valence-corrected chi connectivity index (χ3v) is 3.01. The number of amides is 2. The number of methoxy groups -OCH3 is 1. The highest BCUT2D eigenvalue weighted by atomic mass is 19.1. The van der Waals surface area contributed by atoms with E-state index < -0.39 is 35.4 Å². The van der Waals surface area contributed by atoms with E-state index in [0.717, 1.165) is 0 Å². The van der Waals surface area contributed by atoms with Crippen LogP contribution in [0.5, 0.6) is 0 Å². The molecule has 0 spiro atoms. The summed E-state index contributed by atoms with van der Waals surface area (Å²) in [5.74, 6) is -1.63. The number of carbonyl (C=O) groups is 3. The maximum absolute atomic E-state index is 13.3. The second-order valence-corrected chi connectivity index (χ2v) is 6.18. The number of ether oxygens (including phenoxy) is 2. The first-order chi connectivity index (χ1) is 10.6. The van der Waals surface area contributed by atoms with Crippen molar-refractivity contribution in [1.29, 1.82) is 0 Å². The summed E-state index contributed by atoms with van der Waals surface area (Å²) in [5, 5.41) is 2.36. The van der Waals surface area contributed by atoms with E-state index in [1.807, 2.05) is 0 Å². The Bertz CT molecular complexity index is 499. The van der Waals surface area contributed by atoms with Crippen LogP contribution in [0.2, 0.25) is 0 Å². The van der Waals surface area contributed by atoms with Crippen LogP contribution in [0.1, 0.15) is 33.6 Å². The van der Waals surface area contributed by atoms with Crippen molar-refractivity contribution in [3.63, 3.8) is 0 Å². The summed E-state index contributed by atoms with van der Waals surface area (Å²) in [7, 11) is 1.18. The molecule has 0 unspecified atom stereocenters. The smallest absolute Gasteiger partial charge is 0.408 e. The number of hydrogen-bond acceptors (Lipinski definition) is 5. The van der Waals surface area contributed by atoms with Gasteiger partial charge < -0.3 is 19.7 Å². The molecule has 0 fully saturated rings. The van der Waals surface area contributed by atoms with Crippen LogP contribution in [0.4, 0.5) is 9.18 Å². The highest BCUT2D eigenvalue weighted by Crippen LogP contribution is 2.14. The predicted octanol–water partition coefficient (Wildman–Crippen LogP) is 1.53. The van der Waals surface area contributed by atoms with Crippen molar-refractivity contribution in [2.75, 3.05) is 20.2 Å². The van der Waals surface area contributed by atoms with Gasteiger partial charge in [-0.15, -0.1) is 0 Å². The van der Waals surface area contributed by atoms with Gasteiger partial charge in [0.15, 0.2) is 0 Å². The molecule has 0 saturated heterocycles. The topological polar surface area (TPSA) is 84.9 Å². The SMILES string of the molecule is COC(=O)C[C@H](NC(=O)OC(C)(C)C)C(=O)N1CCC=C(F)C1. The van der Waals surface area contributed by atoms with Gasteiger partial charge in [-0.05, 0) is 33.3 Å². The molecule has 1 N–H and O–H groups in total. The van der Waals surface area contributed by atoms with E-state index in [1.54, 1.807) is 20.8 Å².